The van der Waals surface area contributed by atoms with E-state index in [4.69, 9.17) is 16.3 Å². The molecule has 0 bridgehead atoms. The number of carbonyl (C=O) groups excluding carboxylic acids is 1. The summed E-state index contributed by atoms with van der Waals surface area (Å²) in [4.78, 5) is 11.8. The summed E-state index contributed by atoms with van der Waals surface area (Å²) in [6, 6.07) is 15.0. The predicted molar refractivity (Wildman–Crippen MR) is 102 cm³/mol. The fourth-order valence-corrected chi connectivity index (χ4v) is 2.32. The zero-order valence-corrected chi connectivity index (χ0v) is 14.7. The van der Waals surface area contributed by atoms with Crippen molar-refractivity contribution in [1.82, 2.24) is 5.32 Å². The van der Waals surface area contributed by atoms with Crippen LogP contribution in [0.3, 0.4) is 0 Å². The summed E-state index contributed by atoms with van der Waals surface area (Å²) in [7, 11) is 0. The van der Waals surface area contributed by atoms with Gasteiger partial charge in [0.2, 0.25) is 5.91 Å². The summed E-state index contributed by atoms with van der Waals surface area (Å²) < 4.78 is 5.66. The zero-order chi connectivity index (χ0) is 17.9. The van der Waals surface area contributed by atoms with Crippen molar-refractivity contribution in [1.29, 1.82) is 0 Å². The molecule has 0 saturated carbocycles. The van der Waals surface area contributed by atoms with Gasteiger partial charge < -0.3 is 10.1 Å². The third kappa shape index (κ3) is 6.74. The second-order valence-electron chi connectivity index (χ2n) is 5.32. The van der Waals surface area contributed by atoms with Crippen LogP contribution >= 0.6 is 11.6 Å². The molecule has 0 radical (unpaired) electrons. The number of ether oxygens (including phenoxy) is 1. The Morgan fingerprint density at radius 2 is 1.92 bits per heavy atom. The van der Waals surface area contributed by atoms with Gasteiger partial charge in [0.05, 0.1) is 13.0 Å². The molecule has 4 heteroatoms. The fraction of sp³-hybridized carbons (Fsp3) is 0.190. The number of nitrogens with one attached hydrogen (secondary N) is 1. The highest BCUT2D eigenvalue weighted by molar-refractivity contribution is 6.30. The highest BCUT2D eigenvalue weighted by atomic mass is 35.5. The maximum absolute atomic E-state index is 11.8. The summed E-state index contributed by atoms with van der Waals surface area (Å²) >= 11 is 5.82. The number of hydrogen-bond donors (Lipinski definition) is 1. The molecule has 1 N–H and O–H groups in total. The molecule has 1 amide bonds. The van der Waals surface area contributed by atoms with Crippen molar-refractivity contribution in [2.24, 2.45) is 0 Å². The lowest BCUT2D eigenvalue weighted by atomic mass is 10.1. The van der Waals surface area contributed by atoms with Crippen molar-refractivity contribution in [2.45, 2.75) is 12.8 Å². The third-order valence-electron chi connectivity index (χ3n) is 3.41. The fourth-order valence-electron chi connectivity index (χ4n) is 2.19. The molecule has 0 aliphatic heterocycles. The Labute approximate surface area is 153 Å². The van der Waals surface area contributed by atoms with Gasteiger partial charge in [-0.3, -0.25) is 4.79 Å². The zero-order valence-electron chi connectivity index (χ0n) is 13.9. The Balaban J connectivity index is 1.71. The van der Waals surface area contributed by atoms with Crippen molar-refractivity contribution in [3.63, 3.8) is 0 Å². The third-order valence-corrected chi connectivity index (χ3v) is 3.67. The first-order valence-corrected chi connectivity index (χ1v) is 8.35. The normalized spacial score (nSPS) is 9.64. The van der Waals surface area contributed by atoms with Crippen LogP contribution in [0.25, 0.3) is 0 Å². The molecule has 2 rings (SSSR count). The molecule has 0 unspecified atom stereocenters. The molecule has 0 aromatic heterocycles. The molecule has 0 saturated heterocycles. The number of amides is 1. The van der Waals surface area contributed by atoms with Gasteiger partial charge in [-0.2, -0.15) is 0 Å². The number of allylic oxidation sites excluding steroid dienone is 1. The lowest BCUT2D eigenvalue weighted by Crippen LogP contribution is -2.25. The average Bonchev–Trinajstić information content (AvgIpc) is 2.61. The highest BCUT2D eigenvalue weighted by Crippen LogP contribution is 2.18. The van der Waals surface area contributed by atoms with Crippen LogP contribution in [0.4, 0.5) is 0 Å². The average molecular weight is 354 g/mol. The van der Waals surface area contributed by atoms with Crippen LogP contribution in [0.5, 0.6) is 5.75 Å². The second kappa shape index (κ2) is 10.2. The molecule has 3 nitrogen and oxygen atoms in total. The van der Waals surface area contributed by atoms with E-state index in [-0.39, 0.29) is 12.5 Å². The van der Waals surface area contributed by atoms with E-state index in [9.17, 15) is 4.79 Å². The van der Waals surface area contributed by atoms with Gasteiger partial charge in [0.25, 0.3) is 0 Å². The van der Waals surface area contributed by atoms with Crippen LogP contribution in [0, 0.1) is 11.8 Å². The summed E-state index contributed by atoms with van der Waals surface area (Å²) in [5, 5.41) is 3.42. The monoisotopic (exact) mass is 353 g/mol. The number of halogens is 1. The number of para-hydroxylation sites is 1. The molecule has 25 heavy (non-hydrogen) atoms. The first-order valence-electron chi connectivity index (χ1n) is 7.97. The van der Waals surface area contributed by atoms with Crippen molar-refractivity contribution in [3.8, 4) is 17.6 Å². The van der Waals surface area contributed by atoms with Gasteiger partial charge >= 0.3 is 0 Å². The number of benzene rings is 2. The summed E-state index contributed by atoms with van der Waals surface area (Å²) in [6.45, 7) is 4.31. The van der Waals surface area contributed by atoms with E-state index in [1.54, 1.807) is 12.1 Å². The molecule has 2 aromatic rings. The first-order chi connectivity index (χ1) is 12.2. The summed E-state index contributed by atoms with van der Waals surface area (Å²) in [5.74, 6) is 6.52. The van der Waals surface area contributed by atoms with Crippen molar-refractivity contribution in [3.05, 3.63) is 77.3 Å². The summed E-state index contributed by atoms with van der Waals surface area (Å²) in [6.07, 6.45) is 2.90. The summed E-state index contributed by atoms with van der Waals surface area (Å²) in [5.41, 5.74) is 1.99. The van der Waals surface area contributed by atoms with Gasteiger partial charge in [-0.05, 0) is 35.7 Å². The van der Waals surface area contributed by atoms with E-state index < -0.39 is 0 Å². The van der Waals surface area contributed by atoms with Crippen LogP contribution in [0.15, 0.2) is 61.2 Å². The molecule has 0 aliphatic rings. The van der Waals surface area contributed by atoms with E-state index >= 15 is 0 Å². The van der Waals surface area contributed by atoms with Crippen LogP contribution < -0.4 is 10.1 Å². The van der Waals surface area contributed by atoms with Gasteiger partial charge in [0.15, 0.2) is 0 Å². The maximum atomic E-state index is 11.8. The molecule has 0 atom stereocenters. The molecule has 0 spiro atoms. The van der Waals surface area contributed by atoms with E-state index in [2.05, 4.69) is 23.7 Å². The lowest BCUT2D eigenvalue weighted by Gasteiger charge is -2.07. The molecule has 0 fully saturated rings. The maximum Gasteiger partial charge on any atom is 0.225 e. The van der Waals surface area contributed by atoms with Crippen LogP contribution in [-0.4, -0.2) is 19.1 Å². The van der Waals surface area contributed by atoms with E-state index in [1.807, 2.05) is 42.5 Å². The molecular weight excluding hydrogens is 334 g/mol. The van der Waals surface area contributed by atoms with Gasteiger partial charge in [-0.15, -0.1) is 6.58 Å². The van der Waals surface area contributed by atoms with Crippen LogP contribution in [-0.2, 0) is 17.6 Å². The van der Waals surface area contributed by atoms with Crippen molar-refractivity contribution >= 4 is 17.5 Å². The molecule has 0 heterocycles. The first kappa shape index (κ1) is 18.6. The van der Waals surface area contributed by atoms with Gasteiger partial charge in [0, 0.05) is 5.02 Å². The lowest BCUT2D eigenvalue weighted by molar-refractivity contribution is -0.120. The minimum atomic E-state index is -0.0751. The predicted octanol–water partition coefficient (Wildman–Crippen LogP) is 3.81. The second-order valence-corrected chi connectivity index (χ2v) is 5.76. The Hall–Kier alpha value is -2.70. The van der Waals surface area contributed by atoms with Gasteiger partial charge in [0.1, 0.15) is 12.4 Å². The number of carbonyl (C=O) groups is 1. The number of hydrogen-bond acceptors (Lipinski definition) is 2. The van der Waals surface area contributed by atoms with Gasteiger partial charge in [-0.25, -0.2) is 0 Å². The topological polar surface area (TPSA) is 38.3 Å². The Bertz CT molecular complexity index is 772. The quantitative estimate of drug-likeness (QED) is 0.607. The van der Waals surface area contributed by atoms with E-state index in [0.717, 1.165) is 23.3 Å². The van der Waals surface area contributed by atoms with Gasteiger partial charge in [-0.1, -0.05) is 59.8 Å². The van der Waals surface area contributed by atoms with E-state index in [1.165, 1.54) is 0 Å². The van der Waals surface area contributed by atoms with E-state index in [0.29, 0.717) is 18.0 Å². The standard InChI is InChI=1S/C21H20ClNO2/c1-2-7-18-8-3-4-9-20(18)25-15-6-5-14-23-21(24)16-17-10-12-19(22)13-11-17/h2-4,8-13H,1,7,14-16H2,(H,23,24). The van der Waals surface area contributed by atoms with Crippen molar-refractivity contribution in [2.75, 3.05) is 13.2 Å². The number of rotatable bonds is 7. The minimum absolute atomic E-state index is 0.0751. The molecule has 2 aromatic carbocycles. The minimum Gasteiger partial charge on any atom is -0.481 e. The Morgan fingerprint density at radius 3 is 2.68 bits per heavy atom. The Morgan fingerprint density at radius 1 is 1.16 bits per heavy atom. The largest absolute Gasteiger partial charge is 0.481 e. The molecule has 128 valence electrons. The molecular formula is C21H20ClNO2. The molecule has 0 aliphatic carbocycles. The smallest absolute Gasteiger partial charge is 0.225 e. The highest BCUT2D eigenvalue weighted by Gasteiger charge is 2.02. The Kier molecular flexibility index (Phi) is 7.62. The SMILES string of the molecule is C=CCc1ccccc1OCC#CCNC(=O)Cc1ccc(Cl)cc1. The van der Waals surface area contributed by atoms with Crippen LogP contribution in [0.1, 0.15) is 11.1 Å². The van der Waals surface area contributed by atoms with Crippen molar-refractivity contribution < 1.29 is 9.53 Å². The van der Waals surface area contributed by atoms with Crippen LogP contribution in [0.2, 0.25) is 5.02 Å².